The SMILES string of the molecule is CC(=N)C=C=[N-].[Li+]. The van der Waals surface area contributed by atoms with Crippen LogP contribution in [0.3, 0.4) is 0 Å². The van der Waals surface area contributed by atoms with Gasteiger partial charge in [0.1, 0.15) is 0 Å². The van der Waals surface area contributed by atoms with Crippen LogP contribution in [0.2, 0.25) is 0 Å². The van der Waals surface area contributed by atoms with Crippen molar-refractivity contribution < 1.29 is 18.9 Å². The van der Waals surface area contributed by atoms with E-state index in [4.69, 9.17) is 10.8 Å². The van der Waals surface area contributed by atoms with Gasteiger partial charge in [-0.15, -0.1) is 0 Å². The van der Waals surface area contributed by atoms with Crippen LogP contribution in [0, 0.1) is 5.41 Å². The van der Waals surface area contributed by atoms with Crippen molar-refractivity contribution in [3.63, 3.8) is 0 Å². The summed E-state index contributed by atoms with van der Waals surface area (Å²) in [6.45, 7) is 1.56. The third-order valence-electron chi connectivity index (χ3n) is 0.281. The zero-order valence-corrected chi connectivity index (χ0v) is 4.52. The van der Waals surface area contributed by atoms with Crippen LogP contribution in [0.1, 0.15) is 6.92 Å². The molecule has 0 rings (SSSR count). The molecule has 32 valence electrons. The van der Waals surface area contributed by atoms with Crippen LogP contribution in [-0.2, 0) is 0 Å². The molecule has 0 atom stereocenters. The van der Waals surface area contributed by atoms with E-state index < -0.39 is 0 Å². The molecule has 0 aliphatic carbocycles. The van der Waals surface area contributed by atoms with Crippen LogP contribution in [0.4, 0.5) is 0 Å². The van der Waals surface area contributed by atoms with Gasteiger partial charge in [0, 0.05) is 5.71 Å². The van der Waals surface area contributed by atoms with E-state index >= 15 is 0 Å². The van der Waals surface area contributed by atoms with Gasteiger partial charge in [0.2, 0.25) is 0 Å². The Morgan fingerprint density at radius 3 is 2.29 bits per heavy atom. The summed E-state index contributed by atoms with van der Waals surface area (Å²) >= 11 is 0. The molecule has 0 aliphatic heterocycles. The zero-order valence-electron chi connectivity index (χ0n) is 4.52. The average molecular weight is 88.0 g/mol. The normalized spacial score (nSPS) is 5.29. The largest absolute Gasteiger partial charge is 1.00 e. The van der Waals surface area contributed by atoms with Crippen LogP contribution in [0.5, 0.6) is 0 Å². The van der Waals surface area contributed by atoms with E-state index in [1.54, 1.807) is 12.8 Å². The molecule has 3 heteroatoms. The van der Waals surface area contributed by atoms with Gasteiger partial charge in [0.05, 0.1) is 0 Å². The molecule has 0 saturated heterocycles. The Kier molecular flexibility index (Phi) is 8.06. The third kappa shape index (κ3) is 10.7. The van der Waals surface area contributed by atoms with Crippen molar-refractivity contribution in [3.8, 4) is 0 Å². The van der Waals surface area contributed by atoms with Crippen molar-refractivity contribution in [3.05, 3.63) is 11.5 Å². The Morgan fingerprint density at radius 1 is 1.86 bits per heavy atom. The molecule has 1 N–H and O–H groups in total. The van der Waals surface area contributed by atoms with Crippen molar-refractivity contribution in [2.45, 2.75) is 6.92 Å². The molecule has 0 radical (unpaired) electrons. The smallest absolute Gasteiger partial charge is 0.763 e. The quantitative estimate of drug-likeness (QED) is 0.280. The Bertz CT molecular complexity index is 102. The first kappa shape index (κ1) is 9.87. The standard InChI is InChI=1S/C4H5N2.Li/c1-4(6)2-3-5;/h2,6H,1H3;/q-1;+1. The number of nitrogens with one attached hydrogen (secondary N) is 1. The predicted molar refractivity (Wildman–Crippen MR) is 26.3 cm³/mol. The maximum atomic E-state index is 7.79. The monoisotopic (exact) mass is 88.1 g/mol. The summed E-state index contributed by atoms with van der Waals surface area (Å²) in [5.74, 6) is 1.72. The number of rotatable bonds is 1. The second-order valence-corrected chi connectivity index (χ2v) is 0.956. The Labute approximate surface area is 54.8 Å². The van der Waals surface area contributed by atoms with E-state index in [0.717, 1.165) is 0 Å². The molecule has 0 heterocycles. The van der Waals surface area contributed by atoms with E-state index in [9.17, 15) is 0 Å². The molecule has 0 spiro atoms. The van der Waals surface area contributed by atoms with Gasteiger partial charge in [-0.2, -0.15) is 0 Å². The van der Waals surface area contributed by atoms with Gasteiger partial charge in [-0.25, -0.2) is 0 Å². The Balaban J connectivity index is 0. The minimum Gasteiger partial charge on any atom is -0.763 e. The maximum Gasteiger partial charge on any atom is 1.00 e. The molecular formula is C4H5LiN2. The molecule has 0 unspecified atom stereocenters. The first-order valence-electron chi connectivity index (χ1n) is 1.55. The van der Waals surface area contributed by atoms with E-state index in [1.165, 1.54) is 6.08 Å². The number of hydrogen-bond donors (Lipinski definition) is 1. The Hall–Kier alpha value is -0.283. The molecule has 0 aromatic rings. The van der Waals surface area contributed by atoms with Gasteiger partial charge in [-0.3, -0.25) is 5.87 Å². The third-order valence-corrected chi connectivity index (χ3v) is 0.281. The second kappa shape index (κ2) is 5.72. The minimum absolute atomic E-state index is 0. The summed E-state index contributed by atoms with van der Waals surface area (Å²) in [5, 5.41) is 14.4. The first-order valence-corrected chi connectivity index (χ1v) is 1.55. The van der Waals surface area contributed by atoms with Crippen molar-refractivity contribution >= 4 is 11.6 Å². The molecule has 7 heavy (non-hydrogen) atoms. The van der Waals surface area contributed by atoms with Gasteiger partial charge in [-0.1, -0.05) is 0 Å². The fourth-order valence-corrected chi connectivity index (χ4v) is 0.0968. The van der Waals surface area contributed by atoms with Crippen LogP contribution in [0.15, 0.2) is 6.08 Å². The van der Waals surface area contributed by atoms with E-state index in [0.29, 0.717) is 5.71 Å². The molecule has 0 aliphatic rings. The van der Waals surface area contributed by atoms with Crippen molar-refractivity contribution in [2.24, 2.45) is 0 Å². The fourth-order valence-electron chi connectivity index (χ4n) is 0.0968. The van der Waals surface area contributed by atoms with Gasteiger partial charge in [0.15, 0.2) is 0 Å². The van der Waals surface area contributed by atoms with Crippen molar-refractivity contribution in [1.82, 2.24) is 0 Å². The topological polar surface area (TPSA) is 46.2 Å². The summed E-state index contributed by atoms with van der Waals surface area (Å²) in [5.41, 5.74) is 0.303. The number of nitrogens with zero attached hydrogens (tertiary/aromatic N) is 1. The van der Waals surface area contributed by atoms with Crippen LogP contribution < -0.4 is 18.9 Å². The molecule has 0 aromatic carbocycles. The molecule has 2 nitrogen and oxygen atoms in total. The molecule has 0 fully saturated rings. The van der Waals surface area contributed by atoms with Crippen molar-refractivity contribution in [1.29, 1.82) is 5.41 Å². The van der Waals surface area contributed by atoms with E-state index in [-0.39, 0.29) is 18.9 Å². The average Bonchev–Trinajstić information content (AvgIpc) is 1.35. The summed E-state index contributed by atoms with van der Waals surface area (Å²) in [7, 11) is 0. The van der Waals surface area contributed by atoms with Gasteiger partial charge >= 0.3 is 18.9 Å². The van der Waals surface area contributed by atoms with Gasteiger partial charge in [0.25, 0.3) is 0 Å². The van der Waals surface area contributed by atoms with Crippen LogP contribution in [-0.4, -0.2) is 11.6 Å². The van der Waals surface area contributed by atoms with Crippen molar-refractivity contribution in [2.75, 3.05) is 0 Å². The van der Waals surface area contributed by atoms with Crippen LogP contribution in [0.25, 0.3) is 5.41 Å². The Morgan fingerprint density at radius 2 is 2.29 bits per heavy atom. The summed E-state index contributed by atoms with van der Waals surface area (Å²) in [6, 6.07) is 0. The summed E-state index contributed by atoms with van der Waals surface area (Å²) < 4.78 is 0. The van der Waals surface area contributed by atoms with Gasteiger partial charge in [-0.05, 0) is 13.0 Å². The second-order valence-electron chi connectivity index (χ2n) is 0.956. The molecule has 0 aromatic heterocycles. The summed E-state index contributed by atoms with van der Waals surface area (Å²) in [6.07, 6.45) is 1.18. The fraction of sp³-hybridized carbons (Fsp3) is 0.250. The molecule has 0 saturated carbocycles. The van der Waals surface area contributed by atoms with E-state index in [1.807, 2.05) is 0 Å². The minimum atomic E-state index is 0. The predicted octanol–water partition coefficient (Wildman–Crippen LogP) is -2.17. The molecule has 0 bridgehead atoms. The zero-order chi connectivity index (χ0) is 4.99. The first-order chi connectivity index (χ1) is 2.77. The number of allylic oxidation sites excluding steroid dienone is 1. The summed E-state index contributed by atoms with van der Waals surface area (Å²) in [4.78, 5) is 0. The molecular weight excluding hydrogens is 83.0 g/mol. The molecule has 0 amide bonds. The van der Waals surface area contributed by atoms with Gasteiger partial charge < -0.3 is 10.8 Å². The van der Waals surface area contributed by atoms with E-state index in [2.05, 4.69) is 0 Å². The number of hydrogen-bond acceptors (Lipinski definition) is 1. The van der Waals surface area contributed by atoms with Crippen LogP contribution >= 0.6 is 0 Å². The maximum absolute atomic E-state index is 7.79.